The molecular weight excluding hydrogens is 290 g/mol. The third-order valence-electron chi connectivity index (χ3n) is 4.55. The molecule has 0 unspecified atom stereocenters. The number of hydrogen-bond acceptors (Lipinski definition) is 0. The number of para-hydroxylation sites is 2. The fourth-order valence-electron chi connectivity index (χ4n) is 3.41. The fourth-order valence-corrected chi connectivity index (χ4v) is 3.41. The van der Waals surface area contributed by atoms with Crippen LogP contribution in [0.1, 0.15) is 12.5 Å². The van der Waals surface area contributed by atoms with Crippen molar-refractivity contribution in [3.8, 4) is 5.69 Å². The molecule has 4 aromatic rings. The van der Waals surface area contributed by atoms with Crippen LogP contribution in [-0.2, 0) is 0 Å². The van der Waals surface area contributed by atoms with E-state index in [0.717, 1.165) is 5.57 Å². The summed E-state index contributed by atoms with van der Waals surface area (Å²) in [6.07, 6.45) is 4.02. The van der Waals surface area contributed by atoms with Crippen LogP contribution in [0.15, 0.2) is 91.5 Å². The largest absolute Gasteiger partial charge is 0.309 e. The van der Waals surface area contributed by atoms with Crippen LogP contribution in [0.5, 0.6) is 0 Å². The Morgan fingerprint density at radius 1 is 0.833 bits per heavy atom. The highest BCUT2D eigenvalue weighted by atomic mass is 15.0. The molecule has 4 rings (SSSR count). The summed E-state index contributed by atoms with van der Waals surface area (Å²) in [5.74, 6) is 0. The highest BCUT2D eigenvalue weighted by Crippen LogP contribution is 2.33. The summed E-state index contributed by atoms with van der Waals surface area (Å²) in [4.78, 5) is 0. The lowest BCUT2D eigenvalue weighted by molar-refractivity contribution is 1.18. The quantitative estimate of drug-likeness (QED) is 0.387. The van der Waals surface area contributed by atoms with E-state index in [1.807, 2.05) is 6.08 Å². The number of nitrogens with zero attached hydrogens (tertiary/aromatic N) is 1. The molecule has 3 aromatic carbocycles. The van der Waals surface area contributed by atoms with E-state index in [1.54, 1.807) is 0 Å². The molecule has 0 N–H and O–H groups in total. The second kappa shape index (κ2) is 5.86. The first-order valence-electron chi connectivity index (χ1n) is 8.21. The van der Waals surface area contributed by atoms with Crippen molar-refractivity contribution >= 4 is 27.4 Å². The van der Waals surface area contributed by atoms with Gasteiger partial charge in [0, 0.05) is 16.5 Å². The molecule has 0 spiro atoms. The second-order valence-electron chi connectivity index (χ2n) is 5.87. The first-order valence-corrected chi connectivity index (χ1v) is 8.21. The predicted octanol–water partition coefficient (Wildman–Crippen LogP) is 6.37. The number of hydrogen-bond donors (Lipinski definition) is 0. The van der Waals surface area contributed by atoms with Crippen molar-refractivity contribution in [1.82, 2.24) is 4.57 Å². The molecule has 1 aromatic heterocycles. The van der Waals surface area contributed by atoms with Crippen molar-refractivity contribution in [2.75, 3.05) is 0 Å². The first kappa shape index (κ1) is 14.5. The summed E-state index contributed by atoms with van der Waals surface area (Å²) in [5.41, 5.74) is 6.01. The predicted molar refractivity (Wildman–Crippen MR) is 105 cm³/mol. The van der Waals surface area contributed by atoms with E-state index in [-0.39, 0.29) is 0 Å². The Morgan fingerprint density at radius 3 is 2.29 bits per heavy atom. The monoisotopic (exact) mass is 309 g/mol. The van der Waals surface area contributed by atoms with E-state index in [1.165, 1.54) is 33.1 Å². The van der Waals surface area contributed by atoms with Gasteiger partial charge in [-0.25, -0.2) is 0 Å². The van der Waals surface area contributed by atoms with Crippen molar-refractivity contribution in [3.05, 3.63) is 97.1 Å². The SMILES string of the molecule is C=C/C(=C\C)c1ccc2c(c1)c1ccccc1n2-c1ccccc1. The van der Waals surface area contributed by atoms with Gasteiger partial charge in [0.25, 0.3) is 0 Å². The molecule has 0 fully saturated rings. The van der Waals surface area contributed by atoms with Gasteiger partial charge in [-0.1, -0.05) is 61.2 Å². The van der Waals surface area contributed by atoms with Gasteiger partial charge in [0.1, 0.15) is 0 Å². The normalized spacial score (nSPS) is 12.0. The Hall–Kier alpha value is -3.06. The maximum Gasteiger partial charge on any atom is 0.0541 e. The molecule has 0 aliphatic carbocycles. The Labute approximate surface area is 142 Å². The Bertz CT molecular complexity index is 1070. The zero-order valence-electron chi connectivity index (χ0n) is 13.7. The number of benzene rings is 3. The van der Waals surface area contributed by atoms with Gasteiger partial charge in [-0.2, -0.15) is 0 Å². The van der Waals surface area contributed by atoms with E-state index in [2.05, 4.69) is 96.9 Å². The molecular formula is C23H19N. The number of rotatable bonds is 3. The Balaban J connectivity index is 2.11. The maximum atomic E-state index is 3.93. The molecule has 0 aliphatic rings. The third kappa shape index (κ3) is 2.17. The van der Waals surface area contributed by atoms with Crippen molar-refractivity contribution in [3.63, 3.8) is 0 Å². The molecule has 1 heterocycles. The molecule has 1 nitrogen and oxygen atoms in total. The van der Waals surface area contributed by atoms with Gasteiger partial charge in [-0.3, -0.25) is 0 Å². The van der Waals surface area contributed by atoms with Gasteiger partial charge < -0.3 is 4.57 Å². The van der Waals surface area contributed by atoms with E-state index < -0.39 is 0 Å². The van der Waals surface area contributed by atoms with Gasteiger partial charge in [-0.15, -0.1) is 0 Å². The first-order chi connectivity index (χ1) is 11.8. The number of allylic oxidation sites excluding steroid dienone is 3. The highest BCUT2D eigenvalue weighted by molar-refractivity contribution is 6.10. The second-order valence-corrected chi connectivity index (χ2v) is 5.87. The van der Waals surface area contributed by atoms with Crippen LogP contribution in [-0.4, -0.2) is 4.57 Å². The molecule has 0 amide bonds. The lowest BCUT2D eigenvalue weighted by atomic mass is 10.0. The minimum absolute atomic E-state index is 1.16. The Morgan fingerprint density at radius 2 is 1.54 bits per heavy atom. The van der Waals surface area contributed by atoms with Crippen LogP contribution in [0.25, 0.3) is 33.1 Å². The van der Waals surface area contributed by atoms with E-state index in [9.17, 15) is 0 Å². The lowest BCUT2D eigenvalue weighted by Crippen LogP contribution is -1.93. The summed E-state index contributed by atoms with van der Waals surface area (Å²) < 4.78 is 2.33. The van der Waals surface area contributed by atoms with E-state index >= 15 is 0 Å². The maximum absolute atomic E-state index is 3.93. The summed E-state index contributed by atoms with van der Waals surface area (Å²) in [6, 6.07) is 25.8. The van der Waals surface area contributed by atoms with Crippen LogP contribution in [0.3, 0.4) is 0 Å². The molecule has 0 atom stereocenters. The topological polar surface area (TPSA) is 4.93 Å². The molecule has 0 aliphatic heterocycles. The average Bonchev–Trinajstić information content (AvgIpc) is 2.97. The zero-order chi connectivity index (χ0) is 16.5. The van der Waals surface area contributed by atoms with Crippen LogP contribution >= 0.6 is 0 Å². The highest BCUT2D eigenvalue weighted by Gasteiger charge is 2.12. The molecule has 1 heteroatoms. The van der Waals surface area contributed by atoms with Gasteiger partial charge >= 0.3 is 0 Å². The summed E-state index contributed by atoms with van der Waals surface area (Å²) >= 11 is 0. The summed E-state index contributed by atoms with van der Waals surface area (Å²) in [5, 5.41) is 2.55. The van der Waals surface area contributed by atoms with Crippen LogP contribution in [0, 0.1) is 0 Å². The van der Waals surface area contributed by atoms with E-state index in [0.29, 0.717) is 0 Å². The van der Waals surface area contributed by atoms with Crippen LogP contribution in [0.4, 0.5) is 0 Å². The lowest BCUT2D eigenvalue weighted by Gasteiger charge is -2.08. The van der Waals surface area contributed by atoms with Gasteiger partial charge in [0.05, 0.1) is 11.0 Å². The van der Waals surface area contributed by atoms with Gasteiger partial charge in [0.15, 0.2) is 0 Å². The molecule has 0 radical (unpaired) electrons. The minimum atomic E-state index is 1.16. The third-order valence-corrected chi connectivity index (χ3v) is 4.55. The fraction of sp³-hybridized carbons (Fsp3) is 0.0435. The minimum Gasteiger partial charge on any atom is -0.309 e. The molecule has 24 heavy (non-hydrogen) atoms. The molecule has 0 saturated heterocycles. The smallest absolute Gasteiger partial charge is 0.0541 e. The number of aromatic nitrogens is 1. The zero-order valence-corrected chi connectivity index (χ0v) is 13.7. The molecule has 116 valence electrons. The number of fused-ring (bicyclic) bond motifs is 3. The molecule has 0 bridgehead atoms. The van der Waals surface area contributed by atoms with E-state index in [4.69, 9.17) is 0 Å². The van der Waals surface area contributed by atoms with Crippen LogP contribution in [0.2, 0.25) is 0 Å². The van der Waals surface area contributed by atoms with Gasteiger partial charge in [0.2, 0.25) is 0 Å². The summed E-state index contributed by atoms with van der Waals surface area (Å²) in [6.45, 7) is 5.98. The standard InChI is InChI=1S/C23H19N/c1-3-17(4-2)18-14-15-23-21(16-18)20-12-8-9-13-22(20)24(23)19-10-6-5-7-11-19/h3-16H,1H2,2H3/b17-4+. The average molecular weight is 309 g/mol. The van der Waals surface area contributed by atoms with Crippen molar-refractivity contribution in [1.29, 1.82) is 0 Å². The molecule has 0 saturated carbocycles. The summed E-state index contributed by atoms with van der Waals surface area (Å²) in [7, 11) is 0. The Kier molecular flexibility index (Phi) is 3.55. The van der Waals surface area contributed by atoms with Gasteiger partial charge in [-0.05, 0) is 48.4 Å². The van der Waals surface area contributed by atoms with Crippen molar-refractivity contribution < 1.29 is 0 Å². The van der Waals surface area contributed by atoms with Crippen LogP contribution < -0.4 is 0 Å². The van der Waals surface area contributed by atoms with Crippen molar-refractivity contribution in [2.24, 2.45) is 0 Å². The van der Waals surface area contributed by atoms with Crippen molar-refractivity contribution in [2.45, 2.75) is 6.92 Å².